The molecule has 0 unspecified atom stereocenters. The summed E-state index contributed by atoms with van der Waals surface area (Å²) in [6.45, 7) is 4.11. The number of aromatic amines is 1. The summed E-state index contributed by atoms with van der Waals surface area (Å²) in [5, 5.41) is 9.80. The highest BCUT2D eigenvalue weighted by atomic mass is 79.9. The van der Waals surface area contributed by atoms with Gasteiger partial charge in [-0.05, 0) is 48.5 Å². The molecule has 106 valence electrons. The third-order valence-electron chi connectivity index (χ3n) is 3.40. The van der Waals surface area contributed by atoms with Gasteiger partial charge < -0.3 is 10.1 Å². The predicted octanol–water partition coefficient (Wildman–Crippen LogP) is 3.02. The highest BCUT2D eigenvalue weighted by Crippen LogP contribution is 2.25. The molecule has 0 saturated carbocycles. The summed E-state index contributed by atoms with van der Waals surface area (Å²) in [6, 6.07) is 0. The maximum Gasteiger partial charge on any atom is 0.225 e. The molecule has 1 aromatic heterocycles. The maximum absolute atomic E-state index is 11.9. The van der Waals surface area contributed by atoms with E-state index in [1.165, 1.54) is 0 Å². The Morgan fingerprint density at radius 1 is 1.58 bits per heavy atom. The molecule has 1 aromatic rings. The van der Waals surface area contributed by atoms with Crippen LogP contribution >= 0.6 is 15.9 Å². The third-order valence-corrected chi connectivity index (χ3v) is 4.25. The number of ether oxygens (including phenoxy) is 1. The van der Waals surface area contributed by atoms with Crippen molar-refractivity contribution in [2.75, 3.05) is 5.32 Å². The van der Waals surface area contributed by atoms with Gasteiger partial charge in [0.25, 0.3) is 0 Å². The molecule has 0 radical (unpaired) electrons. The summed E-state index contributed by atoms with van der Waals surface area (Å²) >= 11 is 3.43. The largest absolute Gasteiger partial charge is 0.375 e. The molecule has 2 rings (SSSR count). The van der Waals surface area contributed by atoms with E-state index >= 15 is 0 Å². The van der Waals surface area contributed by atoms with Crippen LogP contribution in [0.15, 0.2) is 4.47 Å². The fourth-order valence-corrected chi connectivity index (χ4v) is 2.82. The monoisotopic (exact) mass is 329 g/mol. The summed E-state index contributed by atoms with van der Waals surface area (Å²) in [5.74, 6) is 0.556. The van der Waals surface area contributed by atoms with Crippen LogP contribution < -0.4 is 5.32 Å². The summed E-state index contributed by atoms with van der Waals surface area (Å²) in [7, 11) is 0. The molecule has 6 heteroatoms. The molecule has 1 aliphatic heterocycles. The number of H-pyrrole nitrogens is 1. The second kappa shape index (κ2) is 6.52. The Morgan fingerprint density at radius 3 is 2.95 bits per heavy atom. The Balaban J connectivity index is 1.79. The zero-order chi connectivity index (χ0) is 13.8. The number of hydrogen-bond donors (Lipinski definition) is 2. The standard InChI is InChI=1S/C13H20BrN3O2/c1-3-10-12(14)13(17-16-10)15-11(18)7-6-9-5-4-8(2)19-9/h8-9H,3-7H2,1-2H3,(H2,15,16,17,18)/t8-,9+/m0/s1. The van der Waals surface area contributed by atoms with E-state index in [9.17, 15) is 4.79 Å². The minimum atomic E-state index is -0.0157. The SMILES string of the molecule is CCc1[nH]nc(NC(=O)CC[C@H]2CC[C@H](C)O2)c1Br. The van der Waals surface area contributed by atoms with Gasteiger partial charge in [0.2, 0.25) is 5.91 Å². The molecule has 5 nitrogen and oxygen atoms in total. The minimum Gasteiger partial charge on any atom is -0.375 e. The number of halogens is 1. The molecule has 0 spiro atoms. The summed E-state index contributed by atoms with van der Waals surface area (Å²) < 4.78 is 6.54. The van der Waals surface area contributed by atoms with Crippen molar-refractivity contribution in [3.8, 4) is 0 Å². The van der Waals surface area contributed by atoms with E-state index in [2.05, 4.69) is 38.4 Å². The van der Waals surface area contributed by atoms with E-state index in [1.807, 2.05) is 6.92 Å². The zero-order valence-corrected chi connectivity index (χ0v) is 12.9. The van der Waals surface area contributed by atoms with Crippen molar-refractivity contribution in [3.05, 3.63) is 10.2 Å². The van der Waals surface area contributed by atoms with Gasteiger partial charge in [-0.2, -0.15) is 5.10 Å². The van der Waals surface area contributed by atoms with E-state index in [-0.39, 0.29) is 12.0 Å². The Hall–Kier alpha value is -0.880. The van der Waals surface area contributed by atoms with Gasteiger partial charge in [-0.1, -0.05) is 6.92 Å². The lowest BCUT2D eigenvalue weighted by molar-refractivity contribution is -0.116. The lowest BCUT2D eigenvalue weighted by atomic mass is 10.1. The number of carbonyl (C=O) groups is 1. The van der Waals surface area contributed by atoms with Crippen LogP contribution in [0, 0.1) is 0 Å². The minimum absolute atomic E-state index is 0.0157. The van der Waals surface area contributed by atoms with Crippen LogP contribution in [0.1, 0.15) is 45.2 Å². The highest BCUT2D eigenvalue weighted by Gasteiger charge is 2.22. The maximum atomic E-state index is 11.9. The highest BCUT2D eigenvalue weighted by molar-refractivity contribution is 9.10. The first-order valence-corrected chi connectivity index (χ1v) is 7.57. The summed E-state index contributed by atoms with van der Waals surface area (Å²) in [6.07, 6.45) is 4.81. The van der Waals surface area contributed by atoms with Crippen molar-refractivity contribution < 1.29 is 9.53 Å². The van der Waals surface area contributed by atoms with Gasteiger partial charge in [0.15, 0.2) is 5.82 Å². The number of aromatic nitrogens is 2. The van der Waals surface area contributed by atoms with Crippen molar-refractivity contribution in [3.63, 3.8) is 0 Å². The second-order valence-electron chi connectivity index (χ2n) is 4.95. The molecular weight excluding hydrogens is 310 g/mol. The predicted molar refractivity (Wildman–Crippen MR) is 77.1 cm³/mol. The molecule has 2 atom stereocenters. The fourth-order valence-electron chi connectivity index (χ4n) is 2.27. The zero-order valence-electron chi connectivity index (χ0n) is 11.3. The van der Waals surface area contributed by atoms with Crippen molar-refractivity contribution in [2.24, 2.45) is 0 Å². The van der Waals surface area contributed by atoms with Gasteiger partial charge in [-0.15, -0.1) is 0 Å². The summed E-state index contributed by atoms with van der Waals surface area (Å²) in [4.78, 5) is 11.9. The lowest BCUT2D eigenvalue weighted by Crippen LogP contribution is -2.16. The number of amides is 1. The molecule has 2 heterocycles. The van der Waals surface area contributed by atoms with Crippen molar-refractivity contribution >= 4 is 27.7 Å². The third kappa shape index (κ3) is 3.79. The van der Waals surface area contributed by atoms with Crippen LogP contribution in [-0.2, 0) is 16.0 Å². The number of aryl methyl sites for hydroxylation is 1. The molecule has 1 amide bonds. The van der Waals surface area contributed by atoms with Crippen molar-refractivity contribution in [2.45, 2.75) is 58.2 Å². The lowest BCUT2D eigenvalue weighted by Gasteiger charge is -2.10. The van der Waals surface area contributed by atoms with Gasteiger partial charge in [-0.25, -0.2) is 0 Å². The van der Waals surface area contributed by atoms with Crippen LogP contribution in [0.2, 0.25) is 0 Å². The van der Waals surface area contributed by atoms with Crippen LogP contribution in [0.5, 0.6) is 0 Å². The Kier molecular flexibility index (Phi) is 4.99. The number of anilines is 1. The van der Waals surface area contributed by atoms with Crippen LogP contribution in [0.25, 0.3) is 0 Å². The van der Waals surface area contributed by atoms with E-state index < -0.39 is 0 Å². The van der Waals surface area contributed by atoms with Crippen LogP contribution in [0.4, 0.5) is 5.82 Å². The number of carbonyl (C=O) groups excluding carboxylic acids is 1. The molecule has 1 aliphatic rings. The van der Waals surface area contributed by atoms with Gasteiger partial charge in [0.1, 0.15) is 0 Å². The van der Waals surface area contributed by atoms with E-state index in [1.54, 1.807) is 0 Å². The van der Waals surface area contributed by atoms with Crippen LogP contribution in [-0.4, -0.2) is 28.3 Å². The van der Waals surface area contributed by atoms with Gasteiger partial charge in [0.05, 0.1) is 22.4 Å². The second-order valence-corrected chi connectivity index (χ2v) is 5.74. The summed E-state index contributed by atoms with van der Waals surface area (Å²) in [5.41, 5.74) is 0.989. The molecule has 1 saturated heterocycles. The average molecular weight is 330 g/mol. The number of nitrogens with one attached hydrogen (secondary N) is 2. The Bertz CT molecular complexity index is 447. The molecule has 0 aromatic carbocycles. The van der Waals surface area contributed by atoms with Crippen LogP contribution in [0.3, 0.4) is 0 Å². The van der Waals surface area contributed by atoms with Gasteiger partial charge >= 0.3 is 0 Å². The first kappa shape index (κ1) is 14.5. The first-order valence-electron chi connectivity index (χ1n) is 6.78. The smallest absolute Gasteiger partial charge is 0.225 e. The molecule has 1 fully saturated rings. The Labute approximate surface area is 121 Å². The molecule has 0 aliphatic carbocycles. The molecule has 2 N–H and O–H groups in total. The number of nitrogens with zero attached hydrogens (tertiary/aromatic N) is 1. The average Bonchev–Trinajstić information content (AvgIpc) is 2.95. The van der Waals surface area contributed by atoms with Gasteiger partial charge in [-0.3, -0.25) is 9.89 Å². The number of hydrogen-bond acceptors (Lipinski definition) is 3. The van der Waals surface area contributed by atoms with E-state index in [0.717, 1.165) is 35.8 Å². The fraction of sp³-hybridized carbons (Fsp3) is 0.692. The normalized spacial score (nSPS) is 22.7. The molecular formula is C13H20BrN3O2. The van der Waals surface area contributed by atoms with Gasteiger partial charge in [0, 0.05) is 6.42 Å². The van der Waals surface area contributed by atoms with E-state index in [0.29, 0.717) is 18.3 Å². The first-order chi connectivity index (χ1) is 9.10. The van der Waals surface area contributed by atoms with Crippen molar-refractivity contribution in [1.82, 2.24) is 10.2 Å². The number of rotatable bonds is 5. The topological polar surface area (TPSA) is 67.0 Å². The van der Waals surface area contributed by atoms with Crippen molar-refractivity contribution in [1.29, 1.82) is 0 Å². The molecule has 0 bridgehead atoms. The molecule has 19 heavy (non-hydrogen) atoms. The Morgan fingerprint density at radius 2 is 2.37 bits per heavy atom. The van der Waals surface area contributed by atoms with E-state index in [4.69, 9.17) is 4.74 Å². The quantitative estimate of drug-likeness (QED) is 0.872.